The summed E-state index contributed by atoms with van der Waals surface area (Å²) in [5.74, 6) is 0.989. The van der Waals surface area contributed by atoms with Gasteiger partial charge in [0, 0.05) is 11.8 Å². The molecule has 2 heterocycles. The molecule has 1 unspecified atom stereocenters. The number of carbonyl (C=O) groups is 1. The molecule has 1 atom stereocenters. The van der Waals surface area contributed by atoms with E-state index in [1.165, 1.54) is 26.5 Å². The van der Waals surface area contributed by atoms with Crippen LogP contribution in [0.5, 0.6) is 11.5 Å². The molecule has 0 saturated carbocycles. The zero-order valence-electron chi connectivity index (χ0n) is 15.6. The van der Waals surface area contributed by atoms with Crippen LogP contribution in [0.15, 0.2) is 51.9 Å². The van der Waals surface area contributed by atoms with Crippen LogP contribution in [0.2, 0.25) is 0 Å². The Kier molecular flexibility index (Phi) is 5.35. The van der Waals surface area contributed by atoms with Gasteiger partial charge in [0.1, 0.15) is 17.4 Å². The molecule has 0 spiro atoms. The standard InChI is InChI=1S/C19H20N4O5/c1-11(18(24)21-12-6-7-16(26-2)17(9-12)27-3)23-19(25)13(20)10-14(22-23)15-5-4-8-28-15/h4-11H,20H2,1-3H3,(H,21,24). The number of nitrogens with one attached hydrogen (secondary N) is 1. The molecule has 28 heavy (non-hydrogen) atoms. The number of nitrogens with zero attached hydrogens (tertiary/aromatic N) is 2. The fourth-order valence-corrected chi connectivity index (χ4v) is 2.61. The van der Waals surface area contributed by atoms with Gasteiger partial charge < -0.3 is 24.9 Å². The van der Waals surface area contributed by atoms with Crippen LogP contribution in [-0.4, -0.2) is 29.9 Å². The number of rotatable bonds is 6. The van der Waals surface area contributed by atoms with E-state index in [4.69, 9.17) is 19.6 Å². The number of nitrogens with two attached hydrogens (primary N) is 1. The maximum atomic E-state index is 12.7. The third kappa shape index (κ3) is 3.68. The first kappa shape index (κ1) is 19.0. The zero-order valence-corrected chi connectivity index (χ0v) is 15.6. The number of ether oxygens (including phenoxy) is 2. The van der Waals surface area contributed by atoms with Gasteiger partial charge in [-0.3, -0.25) is 9.59 Å². The summed E-state index contributed by atoms with van der Waals surface area (Å²) in [5, 5.41) is 6.95. The largest absolute Gasteiger partial charge is 0.493 e. The SMILES string of the molecule is COc1ccc(NC(=O)C(C)n2nc(-c3ccco3)cc(N)c2=O)cc1OC. The lowest BCUT2D eigenvalue weighted by Gasteiger charge is -2.16. The quantitative estimate of drug-likeness (QED) is 0.669. The minimum atomic E-state index is -0.919. The minimum absolute atomic E-state index is 0.0350. The summed E-state index contributed by atoms with van der Waals surface area (Å²) in [6.45, 7) is 1.55. The Morgan fingerprint density at radius 1 is 1.21 bits per heavy atom. The summed E-state index contributed by atoms with van der Waals surface area (Å²) >= 11 is 0. The molecular weight excluding hydrogens is 364 g/mol. The van der Waals surface area contributed by atoms with Gasteiger partial charge in [0.25, 0.3) is 5.56 Å². The molecule has 0 aliphatic rings. The Hall–Kier alpha value is -3.75. The van der Waals surface area contributed by atoms with Crippen LogP contribution in [0.4, 0.5) is 11.4 Å². The van der Waals surface area contributed by atoms with E-state index in [-0.39, 0.29) is 5.69 Å². The van der Waals surface area contributed by atoms with Gasteiger partial charge in [-0.15, -0.1) is 0 Å². The molecule has 0 fully saturated rings. The molecule has 0 aliphatic carbocycles. The summed E-state index contributed by atoms with van der Waals surface area (Å²) in [7, 11) is 3.02. The predicted molar refractivity (Wildman–Crippen MR) is 103 cm³/mol. The van der Waals surface area contributed by atoms with E-state index in [0.717, 1.165) is 4.68 Å². The molecule has 0 aliphatic heterocycles. The van der Waals surface area contributed by atoms with Crippen molar-refractivity contribution in [1.29, 1.82) is 0 Å². The molecule has 9 nitrogen and oxygen atoms in total. The van der Waals surface area contributed by atoms with Gasteiger partial charge in [0.15, 0.2) is 17.3 Å². The van der Waals surface area contributed by atoms with Crippen molar-refractivity contribution in [3.63, 3.8) is 0 Å². The fraction of sp³-hybridized carbons (Fsp3) is 0.211. The Bertz CT molecular complexity index is 1040. The topological polar surface area (TPSA) is 122 Å². The first-order valence-electron chi connectivity index (χ1n) is 8.40. The number of amides is 1. The number of benzene rings is 1. The van der Waals surface area contributed by atoms with E-state index in [1.807, 2.05) is 0 Å². The highest BCUT2D eigenvalue weighted by Crippen LogP contribution is 2.30. The van der Waals surface area contributed by atoms with Crippen molar-refractivity contribution in [2.24, 2.45) is 0 Å². The molecule has 0 bridgehead atoms. The fourth-order valence-electron chi connectivity index (χ4n) is 2.61. The van der Waals surface area contributed by atoms with Gasteiger partial charge in [-0.2, -0.15) is 5.10 Å². The third-order valence-electron chi connectivity index (χ3n) is 4.13. The Balaban J connectivity index is 1.88. The monoisotopic (exact) mass is 384 g/mol. The Labute approximate surface area is 160 Å². The zero-order chi connectivity index (χ0) is 20.3. The van der Waals surface area contributed by atoms with Gasteiger partial charge in [-0.1, -0.05) is 0 Å². The van der Waals surface area contributed by atoms with Crippen LogP contribution >= 0.6 is 0 Å². The van der Waals surface area contributed by atoms with Crippen molar-refractivity contribution < 1.29 is 18.7 Å². The van der Waals surface area contributed by atoms with Crippen LogP contribution < -0.4 is 26.1 Å². The summed E-state index contributed by atoms with van der Waals surface area (Å²) in [6, 6.07) is 8.82. The first-order valence-corrected chi connectivity index (χ1v) is 8.40. The molecule has 146 valence electrons. The lowest BCUT2D eigenvalue weighted by Crippen LogP contribution is -2.34. The molecule has 0 radical (unpaired) electrons. The highest BCUT2D eigenvalue weighted by Gasteiger charge is 2.21. The molecule has 3 N–H and O–H groups in total. The summed E-state index contributed by atoms with van der Waals surface area (Å²) in [6.07, 6.45) is 1.48. The minimum Gasteiger partial charge on any atom is -0.493 e. The predicted octanol–water partition coefficient (Wildman–Crippen LogP) is 2.30. The second kappa shape index (κ2) is 7.87. The van der Waals surface area contributed by atoms with Crippen LogP contribution in [0.3, 0.4) is 0 Å². The van der Waals surface area contributed by atoms with E-state index in [9.17, 15) is 9.59 Å². The third-order valence-corrected chi connectivity index (χ3v) is 4.13. The average Bonchev–Trinajstić information content (AvgIpc) is 3.24. The van der Waals surface area contributed by atoms with Gasteiger partial charge in [0.05, 0.1) is 20.5 Å². The second-order valence-electron chi connectivity index (χ2n) is 5.95. The van der Waals surface area contributed by atoms with Gasteiger partial charge in [-0.25, -0.2) is 4.68 Å². The number of carbonyl (C=O) groups excluding carboxylic acids is 1. The lowest BCUT2D eigenvalue weighted by atomic mass is 10.2. The number of hydrogen-bond donors (Lipinski definition) is 2. The van der Waals surface area contributed by atoms with Crippen molar-refractivity contribution in [1.82, 2.24) is 9.78 Å². The van der Waals surface area contributed by atoms with Gasteiger partial charge in [0.2, 0.25) is 5.91 Å². The summed E-state index contributed by atoms with van der Waals surface area (Å²) in [4.78, 5) is 25.1. The maximum Gasteiger partial charge on any atom is 0.290 e. The molecule has 3 aromatic rings. The van der Waals surface area contributed by atoms with Crippen LogP contribution in [0, 0.1) is 0 Å². The van der Waals surface area contributed by atoms with Crippen molar-refractivity contribution in [2.45, 2.75) is 13.0 Å². The first-order chi connectivity index (χ1) is 13.4. The number of hydrogen-bond acceptors (Lipinski definition) is 7. The molecule has 0 saturated heterocycles. The van der Waals surface area contributed by atoms with Crippen LogP contribution in [0.25, 0.3) is 11.5 Å². The van der Waals surface area contributed by atoms with E-state index >= 15 is 0 Å². The van der Waals surface area contributed by atoms with Crippen molar-refractivity contribution in [3.05, 3.63) is 53.0 Å². The maximum absolute atomic E-state index is 12.7. The molecule has 2 aromatic heterocycles. The number of methoxy groups -OCH3 is 2. The Morgan fingerprint density at radius 2 is 1.96 bits per heavy atom. The summed E-state index contributed by atoms with van der Waals surface area (Å²) < 4.78 is 16.7. The van der Waals surface area contributed by atoms with E-state index in [2.05, 4.69) is 10.4 Å². The van der Waals surface area contributed by atoms with Crippen molar-refractivity contribution in [2.75, 3.05) is 25.3 Å². The molecular formula is C19H20N4O5. The van der Waals surface area contributed by atoms with Crippen LogP contribution in [0.1, 0.15) is 13.0 Å². The van der Waals surface area contributed by atoms with Gasteiger partial charge >= 0.3 is 0 Å². The van der Waals surface area contributed by atoms with E-state index in [1.54, 1.807) is 37.3 Å². The smallest absolute Gasteiger partial charge is 0.290 e. The van der Waals surface area contributed by atoms with Gasteiger partial charge in [-0.05, 0) is 37.3 Å². The van der Waals surface area contributed by atoms with Crippen molar-refractivity contribution in [3.8, 4) is 23.0 Å². The molecule has 9 heteroatoms. The number of aromatic nitrogens is 2. The normalized spacial score (nSPS) is 11.7. The van der Waals surface area contributed by atoms with Crippen molar-refractivity contribution >= 4 is 17.3 Å². The average molecular weight is 384 g/mol. The Morgan fingerprint density at radius 3 is 2.61 bits per heavy atom. The highest BCUT2D eigenvalue weighted by molar-refractivity contribution is 5.93. The number of anilines is 2. The van der Waals surface area contributed by atoms with Crippen LogP contribution in [-0.2, 0) is 4.79 Å². The van der Waals surface area contributed by atoms with E-state index < -0.39 is 17.5 Å². The van der Waals surface area contributed by atoms with E-state index in [0.29, 0.717) is 28.6 Å². The number of furan rings is 1. The molecule has 1 aromatic carbocycles. The summed E-state index contributed by atoms with van der Waals surface area (Å²) in [5.41, 5.74) is 6.05. The highest BCUT2D eigenvalue weighted by atomic mass is 16.5. The lowest BCUT2D eigenvalue weighted by molar-refractivity contribution is -0.119. The molecule has 3 rings (SSSR count). The second-order valence-corrected chi connectivity index (χ2v) is 5.95. The number of nitrogen functional groups attached to an aromatic ring is 1. The molecule has 1 amide bonds.